The second-order valence-corrected chi connectivity index (χ2v) is 14.6. The fraction of sp³-hybridized carbons (Fsp3) is 0.522. The Kier molecular flexibility index (Phi) is 23.5. The zero-order chi connectivity index (χ0) is 36.4. The van der Waals surface area contributed by atoms with Crippen molar-refractivity contribution in [3.05, 3.63) is 123 Å². The number of hydrogen-bond acceptors (Lipinski definition) is 2. The topological polar surface area (TPSA) is 33.2 Å². The summed E-state index contributed by atoms with van der Waals surface area (Å²) < 4.78 is 0. The molecule has 0 aliphatic carbocycles. The first-order valence-electron chi connectivity index (χ1n) is 18.8. The average molecular weight is 667 g/mol. The van der Waals surface area contributed by atoms with Crippen LogP contribution in [0.5, 0.6) is 0 Å². The molecule has 1 aromatic heterocycles. The van der Waals surface area contributed by atoms with Gasteiger partial charge in [-0.25, -0.2) is 0 Å². The molecule has 0 atom stereocenters. The van der Waals surface area contributed by atoms with Crippen molar-refractivity contribution in [3.63, 3.8) is 0 Å². The summed E-state index contributed by atoms with van der Waals surface area (Å²) in [5, 5.41) is 0. The number of carbonyl (C=O) groups excluding carboxylic acids is 1. The van der Waals surface area contributed by atoms with Crippen LogP contribution in [0.15, 0.2) is 118 Å². The Morgan fingerprint density at radius 2 is 0.776 bits per heavy atom. The fourth-order valence-electron chi connectivity index (χ4n) is 5.60. The number of hydrogen-bond donors (Lipinski definition) is 0. The molecule has 3 heteroatoms. The van der Waals surface area contributed by atoms with Crippen LogP contribution < -0.4 is 0 Å². The van der Waals surface area contributed by atoms with Crippen molar-refractivity contribution in [1.29, 1.82) is 0 Å². The maximum absolute atomic E-state index is 13.5. The lowest BCUT2D eigenvalue weighted by Crippen LogP contribution is -2.34. The van der Waals surface area contributed by atoms with Gasteiger partial charge in [-0.3, -0.25) is 9.78 Å². The molecule has 0 aliphatic heterocycles. The van der Waals surface area contributed by atoms with Gasteiger partial charge in [-0.15, -0.1) is 0 Å². The SMILES string of the molecule is CC(C)=CCCC(C)=CCCC(C)=CCCC=C(C)CN(CC(C)=CCCC=C(C)CCC=C(C)CCC=C(C)C)C(=O)c1ccncc1. The van der Waals surface area contributed by atoms with Crippen LogP contribution in [0.3, 0.4) is 0 Å². The molecular formula is C46H70N2O. The normalized spacial score (nSPS) is 13.4. The van der Waals surface area contributed by atoms with Crippen LogP contribution in [0.25, 0.3) is 0 Å². The Balaban J connectivity index is 2.67. The summed E-state index contributed by atoms with van der Waals surface area (Å²) in [7, 11) is 0. The zero-order valence-corrected chi connectivity index (χ0v) is 33.1. The van der Waals surface area contributed by atoms with E-state index in [1.807, 2.05) is 17.0 Å². The van der Waals surface area contributed by atoms with E-state index >= 15 is 0 Å². The van der Waals surface area contributed by atoms with Gasteiger partial charge in [0.25, 0.3) is 5.91 Å². The Morgan fingerprint density at radius 3 is 1.12 bits per heavy atom. The first-order chi connectivity index (χ1) is 23.4. The maximum Gasteiger partial charge on any atom is 0.254 e. The summed E-state index contributed by atoms with van der Waals surface area (Å²) in [6, 6.07) is 3.63. The molecular weight excluding hydrogens is 597 g/mol. The zero-order valence-electron chi connectivity index (χ0n) is 33.1. The number of unbranched alkanes of at least 4 members (excludes halogenated alkanes) is 2. The van der Waals surface area contributed by atoms with Gasteiger partial charge < -0.3 is 4.90 Å². The van der Waals surface area contributed by atoms with E-state index in [9.17, 15) is 4.79 Å². The van der Waals surface area contributed by atoms with Gasteiger partial charge in [-0.2, -0.15) is 0 Å². The second-order valence-electron chi connectivity index (χ2n) is 14.6. The van der Waals surface area contributed by atoms with E-state index in [1.165, 1.54) is 44.6 Å². The van der Waals surface area contributed by atoms with Crippen molar-refractivity contribution in [2.24, 2.45) is 0 Å². The van der Waals surface area contributed by atoms with E-state index in [0.717, 1.165) is 77.0 Å². The van der Waals surface area contributed by atoms with Crippen LogP contribution in [0.2, 0.25) is 0 Å². The highest BCUT2D eigenvalue weighted by Crippen LogP contribution is 2.16. The van der Waals surface area contributed by atoms with E-state index in [0.29, 0.717) is 18.7 Å². The first-order valence-corrected chi connectivity index (χ1v) is 18.8. The number of nitrogens with zero attached hydrogens (tertiary/aromatic N) is 2. The Morgan fingerprint density at radius 1 is 0.469 bits per heavy atom. The Labute approximate surface area is 302 Å². The lowest BCUT2D eigenvalue weighted by Gasteiger charge is -2.24. The van der Waals surface area contributed by atoms with Gasteiger partial charge in [0.05, 0.1) is 0 Å². The summed E-state index contributed by atoms with van der Waals surface area (Å²) in [5.74, 6) is 0.0581. The molecule has 1 rings (SSSR count). The average Bonchev–Trinajstić information content (AvgIpc) is 3.04. The molecule has 1 amide bonds. The van der Waals surface area contributed by atoms with Gasteiger partial charge in [0, 0.05) is 31.0 Å². The van der Waals surface area contributed by atoms with E-state index in [1.54, 1.807) is 12.4 Å². The molecule has 0 bridgehead atoms. The molecule has 0 saturated carbocycles. The molecule has 270 valence electrons. The molecule has 49 heavy (non-hydrogen) atoms. The number of amides is 1. The molecule has 0 radical (unpaired) electrons. The van der Waals surface area contributed by atoms with Gasteiger partial charge >= 0.3 is 0 Å². The molecule has 0 spiro atoms. The monoisotopic (exact) mass is 667 g/mol. The van der Waals surface area contributed by atoms with Crippen LogP contribution in [-0.4, -0.2) is 28.9 Å². The third-order valence-electron chi connectivity index (χ3n) is 8.65. The molecule has 0 fully saturated rings. The quantitative estimate of drug-likeness (QED) is 0.0860. The largest absolute Gasteiger partial charge is 0.331 e. The summed E-state index contributed by atoms with van der Waals surface area (Å²) in [5.41, 5.74) is 11.8. The van der Waals surface area contributed by atoms with Crippen molar-refractivity contribution < 1.29 is 4.79 Å². The summed E-state index contributed by atoms with van der Waals surface area (Å²) in [6.45, 7) is 23.2. The summed E-state index contributed by atoms with van der Waals surface area (Å²) >= 11 is 0. The number of carbonyl (C=O) groups is 1. The molecule has 0 aromatic carbocycles. The molecule has 0 unspecified atom stereocenters. The third kappa shape index (κ3) is 23.5. The lowest BCUT2D eigenvalue weighted by atomic mass is 10.1. The van der Waals surface area contributed by atoms with Gasteiger partial charge in [0.2, 0.25) is 0 Å². The van der Waals surface area contributed by atoms with Crippen LogP contribution in [0.1, 0.15) is 157 Å². The molecule has 0 N–H and O–H groups in total. The predicted molar refractivity (Wildman–Crippen MR) is 217 cm³/mol. The lowest BCUT2D eigenvalue weighted by molar-refractivity contribution is 0.0783. The molecule has 3 nitrogen and oxygen atoms in total. The van der Waals surface area contributed by atoms with Crippen molar-refractivity contribution in [3.8, 4) is 0 Å². The Bertz CT molecular complexity index is 1270. The smallest absolute Gasteiger partial charge is 0.254 e. The van der Waals surface area contributed by atoms with Gasteiger partial charge in [-0.1, -0.05) is 93.2 Å². The third-order valence-corrected chi connectivity index (χ3v) is 8.65. The number of rotatable bonds is 23. The van der Waals surface area contributed by atoms with Crippen molar-refractivity contribution in [2.45, 2.75) is 146 Å². The van der Waals surface area contributed by atoms with E-state index in [4.69, 9.17) is 0 Å². The van der Waals surface area contributed by atoms with Gasteiger partial charge in [0.15, 0.2) is 0 Å². The maximum atomic E-state index is 13.5. The van der Waals surface area contributed by atoms with Crippen LogP contribution in [0, 0.1) is 0 Å². The van der Waals surface area contributed by atoms with Gasteiger partial charge in [-0.05, 0) is 158 Å². The summed E-state index contributed by atoms with van der Waals surface area (Å²) in [6.07, 6.45) is 35.3. The Hall–Kier alpha value is -3.46. The number of allylic oxidation sites excluding steroid dienone is 14. The van der Waals surface area contributed by atoms with Crippen LogP contribution >= 0.6 is 0 Å². The highest BCUT2D eigenvalue weighted by Gasteiger charge is 2.16. The standard InChI is InChI=1S/C46H70N2O/c1-37(2)19-15-25-41(7)29-17-27-39(5)21-11-13-23-43(9)35-48(46(49)45-31-33-47-34-32-45)36-44(10)24-14-12-22-40(6)28-18-30-42(8)26-16-20-38(3)4/h19-24,29-34H,11-18,25-28,35-36H2,1-10H3. The van der Waals surface area contributed by atoms with E-state index < -0.39 is 0 Å². The van der Waals surface area contributed by atoms with Gasteiger partial charge in [0.1, 0.15) is 0 Å². The summed E-state index contributed by atoms with van der Waals surface area (Å²) in [4.78, 5) is 19.6. The van der Waals surface area contributed by atoms with E-state index in [-0.39, 0.29) is 5.91 Å². The van der Waals surface area contributed by atoms with Crippen molar-refractivity contribution >= 4 is 5.91 Å². The van der Waals surface area contributed by atoms with Crippen LogP contribution in [0.4, 0.5) is 0 Å². The predicted octanol–water partition coefficient (Wildman–Crippen LogP) is 13.8. The minimum absolute atomic E-state index is 0.0581. The minimum atomic E-state index is 0.0581. The first kappa shape index (κ1) is 43.6. The van der Waals surface area contributed by atoms with Crippen molar-refractivity contribution in [2.75, 3.05) is 13.1 Å². The highest BCUT2D eigenvalue weighted by molar-refractivity contribution is 5.94. The number of aromatic nitrogens is 1. The highest BCUT2D eigenvalue weighted by atomic mass is 16.2. The molecule has 1 aromatic rings. The fourth-order valence-corrected chi connectivity index (χ4v) is 5.60. The molecule has 1 heterocycles. The molecule has 0 aliphatic rings. The van der Waals surface area contributed by atoms with Crippen molar-refractivity contribution in [1.82, 2.24) is 9.88 Å². The van der Waals surface area contributed by atoms with E-state index in [2.05, 4.69) is 123 Å². The molecule has 0 saturated heterocycles. The number of pyridine rings is 1. The minimum Gasteiger partial charge on any atom is -0.331 e. The van der Waals surface area contributed by atoms with Crippen LogP contribution in [-0.2, 0) is 0 Å². The second kappa shape index (κ2) is 26.4.